The molecule has 1 aromatic carbocycles. The predicted molar refractivity (Wildman–Crippen MR) is 102 cm³/mol. The molecule has 0 radical (unpaired) electrons. The molecule has 27 heavy (non-hydrogen) atoms. The van der Waals surface area contributed by atoms with Gasteiger partial charge in [-0.25, -0.2) is 4.79 Å². The first kappa shape index (κ1) is 20.7. The maximum atomic E-state index is 12.1. The van der Waals surface area contributed by atoms with Gasteiger partial charge in [-0.05, 0) is 31.9 Å². The van der Waals surface area contributed by atoms with Crippen molar-refractivity contribution in [3.63, 3.8) is 0 Å². The molecule has 0 aliphatic carbocycles. The zero-order chi connectivity index (χ0) is 19.6. The minimum absolute atomic E-state index is 0.00226. The van der Waals surface area contributed by atoms with Crippen molar-refractivity contribution in [2.45, 2.75) is 32.2 Å². The maximum absolute atomic E-state index is 12.1. The summed E-state index contributed by atoms with van der Waals surface area (Å²) in [6.07, 6.45) is 1.58. The Kier molecular flexibility index (Phi) is 8.03. The van der Waals surface area contributed by atoms with Crippen molar-refractivity contribution in [1.29, 1.82) is 0 Å². The minimum atomic E-state index is -0.276. The third-order valence-electron chi connectivity index (χ3n) is 4.45. The van der Waals surface area contributed by atoms with Crippen molar-refractivity contribution in [2.75, 3.05) is 45.8 Å². The first-order valence-electron chi connectivity index (χ1n) is 9.24. The molecule has 0 atom stereocenters. The van der Waals surface area contributed by atoms with E-state index in [9.17, 15) is 9.59 Å². The van der Waals surface area contributed by atoms with Crippen LogP contribution in [0.3, 0.4) is 0 Å². The number of methoxy groups -OCH3 is 2. The number of likely N-dealkylation sites (tertiary alicyclic amines) is 1. The van der Waals surface area contributed by atoms with Crippen molar-refractivity contribution in [3.05, 3.63) is 18.2 Å². The molecule has 1 saturated heterocycles. The first-order chi connectivity index (χ1) is 13.1. The second-order valence-electron chi connectivity index (χ2n) is 6.27. The van der Waals surface area contributed by atoms with E-state index in [-0.39, 0.29) is 18.0 Å². The molecule has 1 heterocycles. The summed E-state index contributed by atoms with van der Waals surface area (Å²) in [5.74, 6) is 1.30. The maximum Gasteiger partial charge on any atom is 0.409 e. The molecule has 8 nitrogen and oxygen atoms in total. The highest BCUT2D eigenvalue weighted by atomic mass is 16.6. The molecule has 2 rings (SSSR count). The molecular formula is C19H29N3O5. The van der Waals surface area contributed by atoms with E-state index in [1.54, 1.807) is 26.0 Å². The molecule has 2 amide bonds. The molecule has 8 heteroatoms. The van der Waals surface area contributed by atoms with Crippen LogP contribution >= 0.6 is 0 Å². The molecule has 1 aliphatic rings. The molecule has 1 fully saturated rings. The van der Waals surface area contributed by atoms with Crippen molar-refractivity contribution in [1.82, 2.24) is 10.2 Å². The topological polar surface area (TPSA) is 89.1 Å². The zero-order valence-corrected chi connectivity index (χ0v) is 16.2. The van der Waals surface area contributed by atoms with E-state index < -0.39 is 0 Å². The summed E-state index contributed by atoms with van der Waals surface area (Å²) >= 11 is 0. The van der Waals surface area contributed by atoms with Gasteiger partial charge >= 0.3 is 6.09 Å². The van der Waals surface area contributed by atoms with Gasteiger partial charge in [0.25, 0.3) is 0 Å². The largest absolute Gasteiger partial charge is 0.493 e. The lowest BCUT2D eigenvalue weighted by Crippen LogP contribution is -2.46. The minimum Gasteiger partial charge on any atom is -0.493 e. The molecule has 0 aromatic heterocycles. The van der Waals surface area contributed by atoms with E-state index in [0.717, 1.165) is 18.5 Å². The van der Waals surface area contributed by atoms with Gasteiger partial charge < -0.3 is 29.7 Å². The van der Waals surface area contributed by atoms with Crippen molar-refractivity contribution in [2.24, 2.45) is 0 Å². The second kappa shape index (κ2) is 10.5. The Labute approximate surface area is 160 Å². The summed E-state index contributed by atoms with van der Waals surface area (Å²) in [6, 6.07) is 5.63. The standard InChI is InChI=1S/C19H29N3O5/c1-4-27-19(24)22-11-8-14(9-12-22)21-18(23)7-10-20-15-5-6-16(25-2)17(13-15)26-3/h5-6,13-14,20H,4,7-12H2,1-3H3,(H,21,23). The Hall–Kier alpha value is -2.64. The lowest BCUT2D eigenvalue weighted by molar-refractivity contribution is -0.121. The highest BCUT2D eigenvalue weighted by Crippen LogP contribution is 2.29. The average molecular weight is 379 g/mol. The van der Waals surface area contributed by atoms with Gasteiger partial charge in [0.05, 0.1) is 20.8 Å². The van der Waals surface area contributed by atoms with Crippen LogP contribution in [0.15, 0.2) is 18.2 Å². The van der Waals surface area contributed by atoms with Crippen molar-refractivity contribution in [3.8, 4) is 11.5 Å². The SMILES string of the molecule is CCOC(=O)N1CCC(NC(=O)CCNc2ccc(OC)c(OC)c2)CC1. The molecular weight excluding hydrogens is 350 g/mol. The molecule has 150 valence electrons. The van der Waals surface area contributed by atoms with Gasteiger partial charge in [-0.2, -0.15) is 0 Å². The molecule has 2 N–H and O–H groups in total. The van der Waals surface area contributed by atoms with Crippen LogP contribution in [0.5, 0.6) is 11.5 Å². The summed E-state index contributed by atoms with van der Waals surface area (Å²) in [7, 11) is 3.18. The number of ether oxygens (including phenoxy) is 3. The fourth-order valence-electron chi connectivity index (χ4n) is 2.99. The Morgan fingerprint density at radius 3 is 2.48 bits per heavy atom. The number of nitrogens with one attached hydrogen (secondary N) is 2. The van der Waals surface area contributed by atoms with Crippen LogP contribution in [-0.2, 0) is 9.53 Å². The number of hydrogen-bond acceptors (Lipinski definition) is 6. The normalized spacial score (nSPS) is 14.4. The van der Waals surface area contributed by atoms with Gasteiger partial charge in [-0.15, -0.1) is 0 Å². The highest BCUT2D eigenvalue weighted by molar-refractivity contribution is 5.77. The van der Waals surface area contributed by atoms with Gasteiger partial charge in [0.2, 0.25) is 5.91 Å². The van der Waals surface area contributed by atoms with Gasteiger partial charge in [0.1, 0.15) is 0 Å². The van der Waals surface area contributed by atoms with E-state index in [0.29, 0.717) is 44.2 Å². The number of piperidine rings is 1. The van der Waals surface area contributed by atoms with Crippen LogP contribution in [0, 0.1) is 0 Å². The third-order valence-corrected chi connectivity index (χ3v) is 4.45. The Bertz CT molecular complexity index is 630. The van der Waals surface area contributed by atoms with Crippen molar-refractivity contribution >= 4 is 17.7 Å². The van der Waals surface area contributed by atoms with Gasteiger partial charge in [-0.1, -0.05) is 0 Å². The van der Waals surface area contributed by atoms with Crippen LogP contribution < -0.4 is 20.1 Å². The summed E-state index contributed by atoms with van der Waals surface area (Å²) in [4.78, 5) is 25.5. The van der Waals surface area contributed by atoms with Crippen LogP contribution in [0.25, 0.3) is 0 Å². The van der Waals surface area contributed by atoms with E-state index >= 15 is 0 Å². The number of carbonyl (C=O) groups is 2. The molecule has 0 spiro atoms. The second-order valence-corrected chi connectivity index (χ2v) is 6.27. The number of hydrogen-bond donors (Lipinski definition) is 2. The molecule has 0 bridgehead atoms. The van der Waals surface area contributed by atoms with Crippen LogP contribution in [0.4, 0.5) is 10.5 Å². The number of anilines is 1. The summed E-state index contributed by atoms with van der Waals surface area (Å²) in [5, 5.41) is 6.24. The quantitative estimate of drug-likeness (QED) is 0.720. The zero-order valence-electron chi connectivity index (χ0n) is 16.2. The molecule has 1 aromatic rings. The fraction of sp³-hybridized carbons (Fsp3) is 0.579. The van der Waals surface area contributed by atoms with Crippen LogP contribution in [-0.4, -0.2) is 63.4 Å². The van der Waals surface area contributed by atoms with E-state index in [1.165, 1.54) is 0 Å². The molecule has 0 unspecified atom stereocenters. The van der Waals surface area contributed by atoms with Crippen LogP contribution in [0.1, 0.15) is 26.2 Å². The highest BCUT2D eigenvalue weighted by Gasteiger charge is 2.24. The molecule has 1 aliphatic heterocycles. The summed E-state index contributed by atoms with van der Waals surface area (Å²) in [5.41, 5.74) is 0.864. The third kappa shape index (κ3) is 6.23. The number of amides is 2. The number of benzene rings is 1. The number of carbonyl (C=O) groups excluding carboxylic acids is 2. The van der Waals surface area contributed by atoms with E-state index in [1.807, 2.05) is 18.2 Å². The van der Waals surface area contributed by atoms with Gasteiger partial charge in [0, 0.05) is 43.9 Å². The fourth-order valence-corrected chi connectivity index (χ4v) is 2.99. The molecule has 0 saturated carbocycles. The first-order valence-corrected chi connectivity index (χ1v) is 9.24. The summed E-state index contributed by atoms with van der Waals surface area (Å²) in [6.45, 7) is 3.90. The number of nitrogens with zero attached hydrogens (tertiary/aromatic N) is 1. The Morgan fingerprint density at radius 1 is 1.15 bits per heavy atom. The van der Waals surface area contributed by atoms with Crippen LogP contribution in [0.2, 0.25) is 0 Å². The van der Waals surface area contributed by atoms with Gasteiger partial charge in [0.15, 0.2) is 11.5 Å². The monoisotopic (exact) mass is 379 g/mol. The average Bonchev–Trinajstić information content (AvgIpc) is 2.68. The predicted octanol–water partition coefficient (Wildman–Crippen LogP) is 2.24. The summed E-state index contributed by atoms with van der Waals surface area (Å²) < 4.78 is 15.5. The smallest absolute Gasteiger partial charge is 0.409 e. The number of rotatable bonds is 8. The van der Waals surface area contributed by atoms with Gasteiger partial charge in [-0.3, -0.25) is 4.79 Å². The van der Waals surface area contributed by atoms with E-state index in [4.69, 9.17) is 14.2 Å². The van der Waals surface area contributed by atoms with Crippen molar-refractivity contribution < 1.29 is 23.8 Å². The lowest BCUT2D eigenvalue weighted by atomic mass is 10.1. The Balaban J connectivity index is 1.69. The lowest BCUT2D eigenvalue weighted by Gasteiger charge is -2.31. The van der Waals surface area contributed by atoms with E-state index in [2.05, 4.69) is 10.6 Å². The Morgan fingerprint density at radius 2 is 1.85 bits per heavy atom.